The van der Waals surface area contributed by atoms with Crippen LogP contribution in [0.3, 0.4) is 0 Å². The Balaban J connectivity index is 2.53. The Hall–Kier alpha value is -1.02. The van der Waals surface area contributed by atoms with Crippen molar-refractivity contribution in [2.24, 2.45) is 5.73 Å². The predicted molar refractivity (Wildman–Crippen MR) is 57.6 cm³/mol. The highest BCUT2D eigenvalue weighted by atomic mass is 16.5. The number of hydrogen-bond acceptors (Lipinski definition) is 2. The van der Waals surface area contributed by atoms with Crippen LogP contribution >= 0.6 is 0 Å². The molecule has 76 valence electrons. The van der Waals surface area contributed by atoms with Gasteiger partial charge in [0.1, 0.15) is 5.75 Å². The first-order chi connectivity index (χ1) is 6.54. The van der Waals surface area contributed by atoms with Gasteiger partial charge in [-0.3, -0.25) is 0 Å². The second kappa shape index (κ2) is 2.99. The van der Waals surface area contributed by atoms with Crippen LogP contribution in [0.25, 0.3) is 0 Å². The number of fused-ring (bicyclic) bond motifs is 1. The highest BCUT2D eigenvalue weighted by Crippen LogP contribution is 2.44. The van der Waals surface area contributed by atoms with E-state index in [9.17, 15) is 0 Å². The molecule has 0 fully saturated rings. The fraction of sp³-hybridized carbons (Fsp3) is 0.500. The SMILES string of the molecule is COc1ccc2c(c1)C(C)(C)CC2N. The van der Waals surface area contributed by atoms with Gasteiger partial charge in [0.25, 0.3) is 0 Å². The summed E-state index contributed by atoms with van der Waals surface area (Å²) in [6.07, 6.45) is 1.02. The molecule has 1 aromatic rings. The molecule has 1 aromatic carbocycles. The van der Waals surface area contributed by atoms with E-state index in [-0.39, 0.29) is 11.5 Å². The summed E-state index contributed by atoms with van der Waals surface area (Å²) in [5, 5.41) is 0. The molecule has 2 heteroatoms. The van der Waals surface area contributed by atoms with Crippen molar-refractivity contribution in [3.05, 3.63) is 29.3 Å². The van der Waals surface area contributed by atoms with Crippen molar-refractivity contribution in [2.75, 3.05) is 7.11 Å². The maximum absolute atomic E-state index is 6.07. The predicted octanol–water partition coefficient (Wildman–Crippen LogP) is 2.38. The fourth-order valence-corrected chi connectivity index (χ4v) is 2.34. The summed E-state index contributed by atoms with van der Waals surface area (Å²) in [5.41, 5.74) is 8.87. The Bertz CT molecular complexity index is 357. The molecule has 0 bridgehead atoms. The van der Waals surface area contributed by atoms with E-state index in [2.05, 4.69) is 26.0 Å². The van der Waals surface area contributed by atoms with Gasteiger partial charge < -0.3 is 10.5 Å². The van der Waals surface area contributed by atoms with Crippen LogP contribution in [0.2, 0.25) is 0 Å². The van der Waals surface area contributed by atoms with Gasteiger partial charge in [0, 0.05) is 6.04 Å². The third kappa shape index (κ3) is 1.30. The van der Waals surface area contributed by atoms with Crippen molar-refractivity contribution >= 4 is 0 Å². The van der Waals surface area contributed by atoms with Crippen LogP contribution in [0.1, 0.15) is 37.4 Å². The topological polar surface area (TPSA) is 35.2 Å². The molecule has 2 nitrogen and oxygen atoms in total. The number of ether oxygens (including phenoxy) is 1. The molecule has 0 radical (unpaired) electrons. The van der Waals surface area contributed by atoms with Crippen LogP contribution in [-0.2, 0) is 5.41 Å². The van der Waals surface area contributed by atoms with Crippen LogP contribution in [0.5, 0.6) is 5.75 Å². The lowest BCUT2D eigenvalue weighted by Crippen LogP contribution is -2.14. The van der Waals surface area contributed by atoms with Crippen molar-refractivity contribution in [1.29, 1.82) is 0 Å². The van der Waals surface area contributed by atoms with E-state index >= 15 is 0 Å². The zero-order chi connectivity index (χ0) is 10.3. The summed E-state index contributed by atoms with van der Waals surface area (Å²) < 4.78 is 5.23. The second-order valence-corrected chi connectivity index (χ2v) is 4.65. The summed E-state index contributed by atoms with van der Waals surface area (Å²) in [5.74, 6) is 0.922. The lowest BCUT2D eigenvalue weighted by molar-refractivity contribution is 0.412. The first kappa shape index (κ1) is 9.53. The second-order valence-electron chi connectivity index (χ2n) is 4.65. The zero-order valence-electron chi connectivity index (χ0n) is 9.00. The minimum Gasteiger partial charge on any atom is -0.497 e. The van der Waals surface area contributed by atoms with Crippen LogP contribution in [0.4, 0.5) is 0 Å². The number of methoxy groups -OCH3 is 1. The van der Waals surface area contributed by atoms with Gasteiger partial charge in [-0.1, -0.05) is 19.9 Å². The molecule has 0 aromatic heterocycles. The molecule has 0 saturated carbocycles. The number of benzene rings is 1. The lowest BCUT2D eigenvalue weighted by atomic mass is 9.86. The van der Waals surface area contributed by atoms with Gasteiger partial charge >= 0.3 is 0 Å². The lowest BCUT2D eigenvalue weighted by Gasteiger charge is -2.19. The van der Waals surface area contributed by atoms with Crippen LogP contribution in [-0.4, -0.2) is 7.11 Å². The smallest absolute Gasteiger partial charge is 0.119 e. The number of rotatable bonds is 1. The molecule has 0 aliphatic heterocycles. The molecule has 1 atom stereocenters. The molecule has 0 amide bonds. The minimum absolute atomic E-state index is 0.184. The monoisotopic (exact) mass is 191 g/mol. The first-order valence-electron chi connectivity index (χ1n) is 4.98. The van der Waals surface area contributed by atoms with E-state index in [1.807, 2.05) is 6.07 Å². The molecule has 0 heterocycles. The molecule has 0 spiro atoms. The van der Waals surface area contributed by atoms with Gasteiger partial charge in [-0.25, -0.2) is 0 Å². The average Bonchev–Trinajstić information content (AvgIpc) is 2.37. The molecule has 2 N–H and O–H groups in total. The standard InChI is InChI=1S/C12H17NO/c1-12(2)7-11(13)9-5-4-8(14-3)6-10(9)12/h4-6,11H,7,13H2,1-3H3. The van der Waals surface area contributed by atoms with Crippen LogP contribution in [0.15, 0.2) is 18.2 Å². The molecule has 2 rings (SSSR count). The van der Waals surface area contributed by atoms with E-state index in [1.165, 1.54) is 11.1 Å². The number of hydrogen-bond donors (Lipinski definition) is 1. The third-order valence-corrected chi connectivity index (χ3v) is 3.12. The maximum Gasteiger partial charge on any atom is 0.119 e. The molecule has 1 aliphatic rings. The Morgan fingerprint density at radius 2 is 2.14 bits per heavy atom. The van der Waals surface area contributed by atoms with Crippen molar-refractivity contribution in [3.63, 3.8) is 0 Å². The molecule has 1 unspecified atom stereocenters. The van der Waals surface area contributed by atoms with Crippen molar-refractivity contribution in [3.8, 4) is 5.75 Å². The number of nitrogens with two attached hydrogens (primary N) is 1. The van der Waals surface area contributed by atoms with Crippen LogP contribution in [0, 0.1) is 0 Å². The highest BCUT2D eigenvalue weighted by Gasteiger charge is 2.34. The molecular weight excluding hydrogens is 174 g/mol. The quantitative estimate of drug-likeness (QED) is 0.739. The third-order valence-electron chi connectivity index (χ3n) is 3.12. The van der Waals surface area contributed by atoms with E-state index in [4.69, 9.17) is 10.5 Å². The summed E-state index contributed by atoms with van der Waals surface area (Å²) in [6.45, 7) is 4.47. The maximum atomic E-state index is 6.07. The molecular formula is C12H17NO. The largest absolute Gasteiger partial charge is 0.497 e. The van der Waals surface area contributed by atoms with Gasteiger partial charge in [0.05, 0.1) is 7.11 Å². The van der Waals surface area contributed by atoms with Gasteiger partial charge in [-0.15, -0.1) is 0 Å². The molecule has 1 aliphatic carbocycles. The Labute approximate surface area is 85.1 Å². The molecule has 0 saturated heterocycles. The van der Waals surface area contributed by atoms with Crippen molar-refractivity contribution in [2.45, 2.75) is 31.7 Å². The Kier molecular flexibility index (Phi) is 2.04. The van der Waals surface area contributed by atoms with E-state index < -0.39 is 0 Å². The van der Waals surface area contributed by atoms with E-state index in [0.29, 0.717) is 0 Å². The van der Waals surface area contributed by atoms with Crippen LogP contribution < -0.4 is 10.5 Å². The van der Waals surface area contributed by atoms with E-state index in [0.717, 1.165) is 12.2 Å². The highest BCUT2D eigenvalue weighted by molar-refractivity contribution is 5.45. The van der Waals surface area contributed by atoms with Gasteiger partial charge in [-0.05, 0) is 35.1 Å². The van der Waals surface area contributed by atoms with Gasteiger partial charge in [-0.2, -0.15) is 0 Å². The zero-order valence-corrected chi connectivity index (χ0v) is 9.00. The Morgan fingerprint density at radius 1 is 1.43 bits per heavy atom. The molecule has 14 heavy (non-hydrogen) atoms. The van der Waals surface area contributed by atoms with E-state index in [1.54, 1.807) is 7.11 Å². The summed E-state index contributed by atoms with van der Waals surface area (Å²) >= 11 is 0. The van der Waals surface area contributed by atoms with Crippen molar-refractivity contribution < 1.29 is 4.74 Å². The van der Waals surface area contributed by atoms with Gasteiger partial charge in [0.2, 0.25) is 0 Å². The normalized spacial score (nSPS) is 23.3. The van der Waals surface area contributed by atoms with Gasteiger partial charge in [0.15, 0.2) is 0 Å². The summed E-state index contributed by atoms with van der Waals surface area (Å²) in [7, 11) is 1.70. The Morgan fingerprint density at radius 3 is 2.79 bits per heavy atom. The van der Waals surface area contributed by atoms with Crippen molar-refractivity contribution in [1.82, 2.24) is 0 Å². The fourth-order valence-electron chi connectivity index (χ4n) is 2.34. The average molecular weight is 191 g/mol. The summed E-state index contributed by atoms with van der Waals surface area (Å²) in [6, 6.07) is 6.38. The summed E-state index contributed by atoms with van der Waals surface area (Å²) in [4.78, 5) is 0. The minimum atomic E-state index is 0.184. The first-order valence-corrected chi connectivity index (χ1v) is 4.98.